The van der Waals surface area contributed by atoms with Crippen molar-refractivity contribution in [2.75, 3.05) is 112 Å². The molecule has 6 aliphatic rings. The van der Waals surface area contributed by atoms with Crippen LogP contribution >= 0.6 is 15.9 Å². The molecule has 14 nitrogen and oxygen atoms in total. The molecule has 4 fully saturated rings. The molecular weight excluding hydrogens is 1040 g/mol. The number of hydrogen-bond acceptors (Lipinski definition) is 14. The highest BCUT2D eigenvalue weighted by molar-refractivity contribution is 9.10. The Labute approximate surface area is 454 Å². The van der Waals surface area contributed by atoms with Crippen LogP contribution in [0.5, 0.6) is 0 Å². The summed E-state index contributed by atoms with van der Waals surface area (Å²) < 4.78 is 52.6. The monoisotopic (exact) mass is 1100 g/mol. The van der Waals surface area contributed by atoms with Gasteiger partial charge in [0.25, 0.3) is 0 Å². The molecule has 6 aromatic heterocycles. The van der Waals surface area contributed by atoms with Crippen LogP contribution in [0, 0.1) is 25.5 Å². The Kier molecular flexibility index (Phi) is 13.3. The summed E-state index contributed by atoms with van der Waals surface area (Å²) >= 11 is 3.81. The average Bonchev–Trinajstić information content (AvgIpc) is 4.07. The first kappa shape index (κ1) is 49.8. The van der Waals surface area contributed by atoms with Gasteiger partial charge in [0, 0.05) is 123 Å². The van der Waals surface area contributed by atoms with E-state index in [4.69, 9.17) is 38.9 Å². The highest BCUT2D eigenvalue weighted by Crippen LogP contribution is 2.54. The molecule has 0 atom stereocenters. The first-order valence-corrected chi connectivity index (χ1v) is 27.6. The lowest BCUT2D eigenvalue weighted by molar-refractivity contribution is 0.0544. The number of aromatic nitrogens is 6. The first-order chi connectivity index (χ1) is 37.7. The molecule has 0 unspecified atom stereocenters. The van der Waals surface area contributed by atoms with Crippen LogP contribution in [0.1, 0.15) is 48.2 Å². The zero-order valence-electron chi connectivity index (χ0n) is 43.3. The fraction of sp³-hybridized carbons (Fsp3) is 0.367. The fourth-order valence-electron chi connectivity index (χ4n) is 12.6. The molecule has 12 heterocycles. The number of benzene rings is 2. The van der Waals surface area contributed by atoms with Gasteiger partial charge in [-0.25, -0.2) is 23.7 Å². The van der Waals surface area contributed by atoms with E-state index in [-0.39, 0.29) is 22.5 Å². The van der Waals surface area contributed by atoms with Crippen LogP contribution in [0.3, 0.4) is 0 Å². The molecule has 2 spiro atoms. The molecule has 0 amide bonds. The summed E-state index contributed by atoms with van der Waals surface area (Å²) in [6, 6.07) is 26.0. The highest BCUT2D eigenvalue weighted by Gasteiger charge is 2.49. The third-order valence-electron chi connectivity index (χ3n) is 16.6. The summed E-state index contributed by atoms with van der Waals surface area (Å²) in [5.41, 5.74) is 14.8. The third-order valence-corrected chi connectivity index (χ3v) is 17.2. The summed E-state index contributed by atoms with van der Waals surface area (Å²) in [7, 11) is 0. The molecule has 14 rings (SSSR count). The number of pyridine rings is 6. The second kappa shape index (κ2) is 20.6. The molecule has 4 saturated heterocycles. The Balaban J connectivity index is 0.000000147. The lowest BCUT2D eigenvalue weighted by Crippen LogP contribution is -2.38. The van der Waals surface area contributed by atoms with Crippen LogP contribution in [0.15, 0.2) is 108 Å². The quantitative estimate of drug-likeness (QED) is 0.147. The van der Waals surface area contributed by atoms with Crippen LogP contribution in [0.4, 0.5) is 42.9 Å². The minimum atomic E-state index is -0.306. The maximum absolute atomic E-state index is 14.5. The van der Waals surface area contributed by atoms with Crippen LogP contribution in [0.2, 0.25) is 0 Å². The maximum atomic E-state index is 14.5. The van der Waals surface area contributed by atoms with Gasteiger partial charge in [-0.15, -0.1) is 0 Å². The van der Waals surface area contributed by atoms with Gasteiger partial charge in [0.1, 0.15) is 16.2 Å². The van der Waals surface area contributed by atoms with Gasteiger partial charge in [0.05, 0.1) is 112 Å². The summed E-state index contributed by atoms with van der Waals surface area (Å²) in [5.74, 6) is -0.606. The first-order valence-electron chi connectivity index (χ1n) is 26.8. The fourth-order valence-corrected chi connectivity index (χ4v) is 13.2. The minimum Gasteiger partial charge on any atom is -0.381 e. The van der Waals surface area contributed by atoms with Crippen LogP contribution in [0.25, 0.3) is 44.6 Å². The van der Waals surface area contributed by atoms with E-state index in [0.717, 1.165) is 186 Å². The van der Waals surface area contributed by atoms with Gasteiger partial charge < -0.3 is 38.5 Å². The van der Waals surface area contributed by atoms with Gasteiger partial charge in [0.2, 0.25) is 0 Å². The second-order valence-electron chi connectivity index (χ2n) is 21.0. The van der Waals surface area contributed by atoms with Crippen molar-refractivity contribution in [3.05, 3.63) is 142 Å². The van der Waals surface area contributed by atoms with Crippen LogP contribution in [-0.4, -0.2) is 122 Å². The van der Waals surface area contributed by atoms with E-state index < -0.39 is 0 Å². The third kappa shape index (κ3) is 9.03. The lowest BCUT2D eigenvalue weighted by Gasteiger charge is -2.34. The second-order valence-corrected chi connectivity index (χ2v) is 21.8. The lowest BCUT2D eigenvalue weighted by atomic mass is 9.78. The van der Waals surface area contributed by atoms with Crippen molar-refractivity contribution in [2.45, 2.75) is 50.4 Å². The predicted octanol–water partition coefficient (Wildman–Crippen LogP) is 11.1. The van der Waals surface area contributed by atoms with E-state index in [2.05, 4.69) is 71.5 Å². The van der Waals surface area contributed by atoms with Crippen LogP contribution in [-0.2, 0) is 29.8 Å². The molecule has 0 N–H and O–H groups in total. The number of fused-ring (bicyclic) bond motifs is 6. The van der Waals surface area contributed by atoms with Crippen molar-refractivity contribution in [3.8, 4) is 22.8 Å². The molecule has 17 heteroatoms. The van der Waals surface area contributed by atoms with E-state index >= 15 is 0 Å². The Bertz CT molecular complexity index is 3520. The zero-order chi connectivity index (χ0) is 52.3. The molecule has 0 bridgehead atoms. The normalized spacial score (nSPS) is 18.7. The molecule has 8 aromatic rings. The summed E-state index contributed by atoms with van der Waals surface area (Å²) in [6.07, 6.45) is 9.20. The molecule has 394 valence electrons. The van der Waals surface area contributed by atoms with E-state index in [1.54, 1.807) is 12.4 Å². The van der Waals surface area contributed by atoms with Gasteiger partial charge in [-0.2, -0.15) is 0 Å². The van der Waals surface area contributed by atoms with E-state index in [9.17, 15) is 8.78 Å². The van der Waals surface area contributed by atoms with Gasteiger partial charge in [0.15, 0.2) is 0 Å². The topological polar surface area (TPSA) is 127 Å². The molecule has 0 aliphatic carbocycles. The maximum Gasteiger partial charge on any atom is 0.129 e. The number of halogens is 3. The Morgan fingerprint density at radius 3 is 1.49 bits per heavy atom. The van der Waals surface area contributed by atoms with Crippen molar-refractivity contribution in [1.29, 1.82) is 0 Å². The Hall–Kier alpha value is -6.76. The zero-order valence-corrected chi connectivity index (χ0v) is 44.9. The minimum absolute atomic E-state index is 0.0929. The number of nitrogens with zero attached hydrogens (tertiary/aromatic N) is 10. The number of ether oxygens (including phenoxy) is 4. The SMILES string of the molecule is Cc1c(-c2ccccn2)nc2cc(F)ccc2c1N1CC2(CCOCC2)c2nc(Br)c(N3CCOCC3)cc21.Cc1c(-c2ccccn2)nc2cc(F)ccc2c1N1CC2(CCOCC2)c2ncc(N3CCOCC3)cc21. The predicted molar refractivity (Wildman–Crippen MR) is 299 cm³/mol. The molecule has 0 saturated carbocycles. The number of anilines is 6. The number of hydrogen-bond donors (Lipinski definition) is 0. The summed E-state index contributed by atoms with van der Waals surface area (Å²) in [6.45, 7) is 14.8. The van der Waals surface area contributed by atoms with Crippen molar-refractivity contribution < 1.29 is 27.7 Å². The molecule has 6 aliphatic heterocycles. The van der Waals surface area contributed by atoms with Gasteiger partial charge in [-0.05, 0) is 116 Å². The summed E-state index contributed by atoms with van der Waals surface area (Å²) in [5, 5.41) is 1.84. The molecule has 0 radical (unpaired) electrons. The highest BCUT2D eigenvalue weighted by atomic mass is 79.9. The largest absolute Gasteiger partial charge is 0.381 e. The Morgan fingerprint density at radius 1 is 0.506 bits per heavy atom. The number of morpholine rings is 2. The van der Waals surface area contributed by atoms with Crippen molar-refractivity contribution >= 4 is 71.9 Å². The average molecular weight is 1100 g/mol. The van der Waals surface area contributed by atoms with Crippen molar-refractivity contribution in [1.82, 2.24) is 29.9 Å². The van der Waals surface area contributed by atoms with E-state index in [0.29, 0.717) is 37.5 Å². The van der Waals surface area contributed by atoms with Crippen molar-refractivity contribution in [2.24, 2.45) is 0 Å². The summed E-state index contributed by atoms with van der Waals surface area (Å²) in [4.78, 5) is 38.8. The van der Waals surface area contributed by atoms with Gasteiger partial charge in [-0.1, -0.05) is 12.1 Å². The molecule has 77 heavy (non-hydrogen) atoms. The van der Waals surface area contributed by atoms with Gasteiger partial charge in [-0.3, -0.25) is 15.0 Å². The van der Waals surface area contributed by atoms with Crippen molar-refractivity contribution in [3.63, 3.8) is 0 Å². The van der Waals surface area contributed by atoms with Crippen LogP contribution < -0.4 is 19.6 Å². The van der Waals surface area contributed by atoms with E-state index in [1.165, 1.54) is 24.3 Å². The van der Waals surface area contributed by atoms with Gasteiger partial charge >= 0.3 is 0 Å². The van der Waals surface area contributed by atoms with E-state index in [1.807, 2.05) is 54.7 Å². The number of rotatable bonds is 6. The Morgan fingerprint density at radius 2 is 0.987 bits per heavy atom. The smallest absolute Gasteiger partial charge is 0.129 e. The molecular formula is C60H59BrF2N10O4. The standard InChI is InChI=1S/C30H29BrFN5O2.C30H30FN5O2/c1-19-26(22-4-2-3-9-33-22)34-23-16-20(32)5-6-21(23)27(19)37-18-30(7-12-38-13-8-30)28-24(37)17-25(29(31)35-28)36-10-14-39-15-11-36;1-20-27(24-4-2-3-9-32-24)34-25-16-21(31)5-6-23(25)28(20)36-19-30(7-12-37-13-8-30)29-26(36)17-22(18-33-29)35-10-14-38-15-11-35/h2-6,9,16-17H,7-8,10-15,18H2,1H3;2-6,9,16-18H,7-8,10-15,19H2,1H3. The molecule has 2 aromatic carbocycles.